The van der Waals surface area contributed by atoms with Crippen molar-refractivity contribution >= 4 is 50.7 Å². The van der Waals surface area contributed by atoms with Gasteiger partial charge in [0, 0.05) is 11.1 Å². The first-order valence-corrected chi connectivity index (χ1v) is 7.54. The van der Waals surface area contributed by atoms with Crippen LogP contribution in [0.5, 0.6) is 5.75 Å². The summed E-state index contributed by atoms with van der Waals surface area (Å²) in [7, 11) is 1.50. The minimum Gasteiger partial charge on any atom is -0.495 e. The van der Waals surface area contributed by atoms with Gasteiger partial charge in [0.05, 0.1) is 22.0 Å². The van der Waals surface area contributed by atoms with Gasteiger partial charge in [-0.2, -0.15) is 0 Å². The maximum atomic E-state index is 13.6. The first-order valence-electron chi connectivity index (χ1n) is 5.56. The van der Waals surface area contributed by atoms with Crippen LogP contribution in [0.3, 0.4) is 0 Å². The quantitative estimate of drug-likeness (QED) is 0.557. The average molecular weight is 398 g/mol. The Kier molecular flexibility index (Phi) is 5.19. The van der Waals surface area contributed by atoms with Crippen molar-refractivity contribution in [3.8, 4) is 5.75 Å². The molecule has 0 heterocycles. The second-order valence-corrected chi connectivity index (χ2v) is 6.15. The zero-order valence-corrected chi connectivity index (χ0v) is 14.1. The number of alkyl halides is 1. The fraction of sp³-hybridized carbons (Fsp3) is 0.143. The lowest BCUT2D eigenvalue weighted by atomic mass is 10.0. The third kappa shape index (κ3) is 3.22. The SMILES string of the molecule is COc1cc(Cl)c(C(Cl)c2ccc(Br)c(F)c2)cc1Cl. The molecule has 1 unspecified atom stereocenters. The number of rotatable bonds is 3. The molecule has 1 atom stereocenters. The lowest BCUT2D eigenvalue weighted by molar-refractivity contribution is 0.415. The third-order valence-electron chi connectivity index (χ3n) is 2.78. The second kappa shape index (κ2) is 6.52. The fourth-order valence-electron chi connectivity index (χ4n) is 1.74. The minimum absolute atomic E-state index is 0.379. The van der Waals surface area contributed by atoms with Crippen LogP contribution in [0.1, 0.15) is 16.5 Å². The summed E-state index contributed by atoms with van der Waals surface area (Å²) in [6.07, 6.45) is 0. The van der Waals surface area contributed by atoms with E-state index < -0.39 is 5.38 Å². The topological polar surface area (TPSA) is 9.23 Å². The average Bonchev–Trinajstić information content (AvgIpc) is 2.43. The van der Waals surface area contributed by atoms with Gasteiger partial charge in [-0.1, -0.05) is 29.3 Å². The summed E-state index contributed by atoms with van der Waals surface area (Å²) in [4.78, 5) is 0. The summed E-state index contributed by atoms with van der Waals surface area (Å²) in [6, 6.07) is 7.89. The summed E-state index contributed by atoms with van der Waals surface area (Å²) in [5.41, 5.74) is 1.19. The van der Waals surface area contributed by atoms with Gasteiger partial charge in [0.25, 0.3) is 0 Å². The van der Waals surface area contributed by atoms with E-state index in [1.807, 2.05) is 0 Å². The number of hydrogen-bond donors (Lipinski definition) is 0. The van der Waals surface area contributed by atoms with Crippen molar-refractivity contribution in [1.29, 1.82) is 0 Å². The van der Waals surface area contributed by atoms with E-state index in [0.29, 0.717) is 31.4 Å². The van der Waals surface area contributed by atoms with Gasteiger partial charge in [0.1, 0.15) is 11.6 Å². The van der Waals surface area contributed by atoms with Crippen LogP contribution >= 0.6 is 50.7 Å². The Labute approximate surface area is 139 Å². The van der Waals surface area contributed by atoms with E-state index in [2.05, 4.69) is 15.9 Å². The molecule has 0 amide bonds. The lowest BCUT2D eigenvalue weighted by Gasteiger charge is -2.14. The van der Waals surface area contributed by atoms with Crippen LogP contribution in [0.4, 0.5) is 4.39 Å². The molecule has 0 spiro atoms. The molecule has 0 aromatic heterocycles. The monoisotopic (exact) mass is 396 g/mol. The molecule has 0 fully saturated rings. The Morgan fingerprint density at radius 3 is 2.45 bits per heavy atom. The Hall–Kier alpha value is -0.480. The van der Waals surface area contributed by atoms with E-state index in [0.717, 1.165) is 0 Å². The second-order valence-electron chi connectivity index (χ2n) is 4.04. The molecule has 2 aromatic rings. The van der Waals surface area contributed by atoms with Crippen molar-refractivity contribution in [3.63, 3.8) is 0 Å². The van der Waals surface area contributed by atoms with E-state index in [1.54, 1.807) is 24.3 Å². The van der Waals surface area contributed by atoms with E-state index in [-0.39, 0.29) is 5.82 Å². The maximum absolute atomic E-state index is 13.6. The highest BCUT2D eigenvalue weighted by molar-refractivity contribution is 9.10. The lowest BCUT2D eigenvalue weighted by Crippen LogP contribution is -1.97. The Balaban J connectivity index is 2.45. The zero-order valence-electron chi connectivity index (χ0n) is 10.3. The molecule has 6 heteroatoms. The summed E-state index contributed by atoms with van der Waals surface area (Å²) >= 11 is 21.7. The van der Waals surface area contributed by atoms with Crippen LogP contribution in [0, 0.1) is 5.82 Å². The highest BCUT2D eigenvalue weighted by atomic mass is 79.9. The van der Waals surface area contributed by atoms with Crippen molar-refractivity contribution in [2.24, 2.45) is 0 Å². The third-order valence-corrected chi connectivity index (χ3v) is 4.53. The molecule has 0 radical (unpaired) electrons. The maximum Gasteiger partial charge on any atom is 0.138 e. The molecular formula is C14H9BrCl3FO. The van der Waals surface area contributed by atoms with Crippen molar-refractivity contribution in [2.45, 2.75) is 5.38 Å². The predicted molar refractivity (Wildman–Crippen MR) is 84.8 cm³/mol. The summed E-state index contributed by atoms with van der Waals surface area (Å²) in [5, 5.41) is 0.207. The van der Waals surface area contributed by atoms with Crippen LogP contribution in [0.15, 0.2) is 34.8 Å². The minimum atomic E-state index is -0.603. The number of ether oxygens (including phenoxy) is 1. The smallest absolute Gasteiger partial charge is 0.138 e. The van der Waals surface area contributed by atoms with Crippen molar-refractivity contribution in [3.05, 3.63) is 61.8 Å². The largest absolute Gasteiger partial charge is 0.495 e. The van der Waals surface area contributed by atoms with Gasteiger partial charge in [-0.25, -0.2) is 4.39 Å². The molecule has 0 saturated carbocycles. The van der Waals surface area contributed by atoms with E-state index >= 15 is 0 Å². The molecule has 106 valence electrons. The fourth-order valence-corrected chi connectivity index (χ4v) is 2.87. The summed E-state index contributed by atoms with van der Waals surface area (Å²) < 4.78 is 19.0. The summed E-state index contributed by atoms with van der Waals surface area (Å²) in [6.45, 7) is 0. The molecule has 0 saturated heterocycles. The Bertz CT molecular complexity index is 649. The van der Waals surface area contributed by atoms with Gasteiger partial charge in [0.2, 0.25) is 0 Å². The van der Waals surface area contributed by atoms with Crippen LogP contribution in [-0.4, -0.2) is 7.11 Å². The molecule has 0 aliphatic carbocycles. The van der Waals surface area contributed by atoms with Gasteiger partial charge >= 0.3 is 0 Å². The van der Waals surface area contributed by atoms with E-state index in [1.165, 1.54) is 13.2 Å². The zero-order chi connectivity index (χ0) is 14.9. The normalized spacial score (nSPS) is 12.3. The van der Waals surface area contributed by atoms with Gasteiger partial charge < -0.3 is 4.74 Å². The Morgan fingerprint density at radius 2 is 1.85 bits per heavy atom. The van der Waals surface area contributed by atoms with Gasteiger partial charge in [-0.15, -0.1) is 11.6 Å². The first kappa shape index (κ1) is 15.9. The molecular weight excluding hydrogens is 389 g/mol. The van der Waals surface area contributed by atoms with Crippen molar-refractivity contribution < 1.29 is 9.13 Å². The standard InChI is InChI=1S/C14H9BrCl3FO/c1-20-13-6-10(16)8(5-11(13)17)14(18)7-2-3-9(15)12(19)4-7/h2-6,14H,1H3. The van der Waals surface area contributed by atoms with E-state index in [9.17, 15) is 4.39 Å². The van der Waals surface area contributed by atoms with Gasteiger partial charge in [0.15, 0.2) is 0 Å². The molecule has 0 bridgehead atoms. The van der Waals surface area contributed by atoms with Crippen LogP contribution in [0.2, 0.25) is 10.0 Å². The molecule has 1 nitrogen and oxygen atoms in total. The van der Waals surface area contributed by atoms with Crippen LogP contribution in [-0.2, 0) is 0 Å². The molecule has 0 aliphatic heterocycles. The molecule has 2 aromatic carbocycles. The van der Waals surface area contributed by atoms with E-state index in [4.69, 9.17) is 39.5 Å². The van der Waals surface area contributed by atoms with Crippen LogP contribution in [0.25, 0.3) is 0 Å². The van der Waals surface area contributed by atoms with Crippen molar-refractivity contribution in [2.75, 3.05) is 7.11 Å². The highest BCUT2D eigenvalue weighted by Crippen LogP contribution is 2.39. The van der Waals surface area contributed by atoms with Gasteiger partial charge in [-0.05, 0) is 45.3 Å². The molecule has 0 aliphatic rings. The summed E-state index contributed by atoms with van der Waals surface area (Å²) in [5.74, 6) is 0.0788. The number of benzene rings is 2. The van der Waals surface area contributed by atoms with Crippen LogP contribution < -0.4 is 4.74 Å². The molecule has 20 heavy (non-hydrogen) atoms. The molecule has 2 rings (SSSR count). The Morgan fingerprint density at radius 1 is 1.15 bits per heavy atom. The number of halogens is 5. The molecule has 0 N–H and O–H groups in total. The highest BCUT2D eigenvalue weighted by Gasteiger charge is 2.18. The van der Waals surface area contributed by atoms with Gasteiger partial charge in [-0.3, -0.25) is 0 Å². The number of hydrogen-bond acceptors (Lipinski definition) is 1. The first-order chi connectivity index (χ1) is 9.43. The predicted octanol–water partition coefficient (Wildman–Crippen LogP) is 6.23. The number of methoxy groups -OCH3 is 1. The van der Waals surface area contributed by atoms with Crippen molar-refractivity contribution in [1.82, 2.24) is 0 Å².